The van der Waals surface area contributed by atoms with E-state index >= 15 is 0 Å². The first kappa shape index (κ1) is 14.3. The van der Waals surface area contributed by atoms with Crippen molar-refractivity contribution in [2.45, 2.75) is 32.2 Å². The highest BCUT2D eigenvalue weighted by atomic mass is 16.6. The Morgan fingerprint density at radius 3 is 2.85 bits per heavy atom. The lowest BCUT2D eigenvalue weighted by molar-refractivity contribution is -0.160. The third kappa shape index (κ3) is 3.24. The minimum absolute atomic E-state index is 0.228. The summed E-state index contributed by atoms with van der Waals surface area (Å²) in [7, 11) is 0. The van der Waals surface area contributed by atoms with E-state index in [-0.39, 0.29) is 6.42 Å². The zero-order valence-electron chi connectivity index (χ0n) is 11.4. The molecule has 0 amide bonds. The fourth-order valence-corrected chi connectivity index (χ4v) is 2.06. The lowest BCUT2D eigenvalue weighted by atomic mass is 10.1. The number of esters is 2. The molecule has 0 aliphatic carbocycles. The van der Waals surface area contributed by atoms with Crippen LogP contribution in [-0.2, 0) is 20.7 Å². The highest BCUT2D eigenvalue weighted by Gasteiger charge is 2.20. The summed E-state index contributed by atoms with van der Waals surface area (Å²) in [5, 5.41) is 1.02. The van der Waals surface area contributed by atoms with Gasteiger partial charge in [0.05, 0.1) is 0 Å². The smallest absolute Gasteiger partial charge is 0.330 e. The second-order valence-corrected chi connectivity index (χ2v) is 4.71. The quantitative estimate of drug-likeness (QED) is 0.644. The molecule has 20 heavy (non-hydrogen) atoms. The van der Waals surface area contributed by atoms with Crippen LogP contribution in [0.25, 0.3) is 10.9 Å². The number of ether oxygens (including phenoxy) is 1. The molecule has 0 saturated heterocycles. The van der Waals surface area contributed by atoms with E-state index in [0.717, 1.165) is 16.5 Å². The molecule has 1 atom stereocenters. The number of benzene rings is 1. The molecule has 0 saturated carbocycles. The van der Waals surface area contributed by atoms with E-state index in [1.54, 1.807) is 0 Å². The van der Waals surface area contributed by atoms with Gasteiger partial charge < -0.3 is 15.5 Å². The summed E-state index contributed by atoms with van der Waals surface area (Å²) >= 11 is 0. The third-order valence-electron chi connectivity index (χ3n) is 3.09. The third-order valence-corrected chi connectivity index (χ3v) is 3.09. The summed E-state index contributed by atoms with van der Waals surface area (Å²) in [5.41, 5.74) is 7.73. The molecule has 2 rings (SSSR count). The molecule has 3 N–H and O–H groups in total. The first-order valence-corrected chi connectivity index (χ1v) is 6.67. The number of hydrogen-bond acceptors (Lipinski definition) is 4. The van der Waals surface area contributed by atoms with Crippen molar-refractivity contribution in [1.82, 2.24) is 4.98 Å². The molecule has 2 aromatic rings. The second-order valence-electron chi connectivity index (χ2n) is 4.71. The van der Waals surface area contributed by atoms with Crippen LogP contribution in [0, 0.1) is 0 Å². The maximum atomic E-state index is 11.7. The van der Waals surface area contributed by atoms with Crippen molar-refractivity contribution in [2.24, 2.45) is 5.73 Å². The first-order chi connectivity index (χ1) is 9.61. The van der Waals surface area contributed by atoms with Crippen molar-refractivity contribution in [2.75, 3.05) is 0 Å². The van der Waals surface area contributed by atoms with Gasteiger partial charge in [-0.1, -0.05) is 25.1 Å². The maximum absolute atomic E-state index is 11.7. The van der Waals surface area contributed by atoms with Crippen LogP contribution in [0.4, 0.5) is 0 Å². The Hall–Kier alpha value is -2.14. The molecule has 1 aromatic heterocycles. The van der Waals surface area contributed by atoms with Crippen molar-refractivity contribution < 1.29 is 14.3 Å². The Bertz CT molecular complexity index is 618. The predicted molar refractivity (Wildman–Crippen MR) is 76.0 cm³/mol. The van der Waals surface area contributed by atoms with Crippen LogP contribution in [0.2, 0.25) is 0 Å². The van der Waals surface area contributed by atoms with E-state index in [1.807, 2.05) is 37.4 Å². The van der Waals surface area contributed by atoms with Crippen molar-refractivity contribution in [1.29, 1.82) is 0 Å². The van der Waals surface area contributed by atoms with Crippen LogP contribution in [0.5, 0.6) is 0 Å². The Morgan fingerprint density at radius 1 is 1.35 bits per heavy atom. The van der Waals surface area contributed by atoms with E-state index in [4.69, 9.17) is 10.5 Å². The molecule has 0 bridgehead atoms. The number of para-hydroxylation sites is 1. The molecule has 0 aliphatic rings. The summed E-state index contributed by atoms with van der Waals surface area (Å²) in [6, 6.07) is 6.93. The van der Waals surface area contributed by atoms with Gasteiger partial charge in [-0.2, -0.15) is 0 Å². The summed E-state index contributed by atoms with van der Waals surface area (Å²) in [4.78, 5) is 26.1. The number of fused-ring (bicyclic) bond motifs is 1. The van der Waals surface area contributed by atoms with Gasteiger partial charge >= 0.3 is 11.9 Å². The number of rotatable bonds is 5. The Kier molecular flexibility index (Phi) is 4.53. The number of nitrogens with one attached hydrogen (secondary N) is 1. The molecule has 5 nitrogen and oxygen atoms in total. The summed E-state index contributed by atoms with van der Waals surface area (Å²) in [6.07, 6.45) is 3.03. The van der Waals surface area contributed by atoms with Gasteiger partial charge in [0.25, 0.3) is 0 Å². The molecule has 1 unspecified atom stereocenters. The molecule has 5 heteroatoms. The predicted octanol–water partition coefficient (Wildman–Crippen LogP) is 1.91. The van der Waals surface area contributed by atoms with Crippen molar-refractivity contribution in [3.8, 4) is 0 Å². The number of aromatic amines is 1. The van der Waals surface area contributed by atoms with Crippen molar-refractivity contribution in [3.05, 3.63) is 36.0 Å². The number of H-pyrrole nitrogens is 1. The fraction of sp³-hybridized carbons (Fsp3) is 0.333. The van der Waals surface area contributed by atoms with Crippen LogP contribution in [0.3, 0.4) is 0 Å². The highest BCUT2D eigenvalue weighted by Crippen LogP contribution is 2.18. The maximum Gasteiger partial charge on any atom is 0.330 e. The average molecular weight is 274 g/mol. The molecule has 0 spiro atoms. The molecule has 0 fully saturated rings. The lowest BCUT2D eigenvalue weighted by Gasteiger charge is -2.09. The number of aromatic nitrogens is 1. The Morgan fingerprint density at radius 2 is 2.10 bits per heavy atom. The minimum Gasteiger partial charge on any atom is -0.392 e. The SMILES string of the molecule is CCCC(=O)OC(=O)C(N)Cc1c[nH]c2ccccc12. The van der Waals surface area contributed by atoms with Crippen LogP contribution in [0.1, 0.15) is 25.3 Å². The molecular formula is C15H18N2O3. The van der Waals surface area contributed by atoms with Crippen molar-refractivity contribution in [3.63, 3.8) is 0 Å². The molecule has 0 aliphatic heterocycles. The minimum atomic E-state index is -0.838. The van der Waals surface area contributed by atoms with Gasteiger partial charge in [-0.15, -0.1) is 0 Å². The van der Waals surface area contributed by atoms with Gasteiger partial charge in [0.1, 0.15) is 6.04 Å². The number of hydrogen-bond donors (Lipinski definition) is 2. The van der Waals surface area contributed by atoms with Crippen LogP contribution in [-0.4, -0.2) is 23.0 Å². The van der Waals surface area contributed by atoms with Gasteiger partial charge in [0.2, 0.25) is 0 Å². The van der Waals surface area contributed by atoms with E-state index in [0.29, 0.717) is 12.8 Å². The largest absolute Gasteiger partial charge is 0.392 e. The summed E-state index contributed by atoms with van der Waals surface area (Å²) in [6.45, 7) is 1.84. The van der Waals surface area contributed by atoms with Gasteiger partial charge in [0, 0.05) is 29.9 Å². The zero-order chi connectivity index (χ0) is 14.5. The summed E-state index contributed by atoms with van der Waals surface area (Å²) in [5.74, 6) is -1.19. The Balaban J connectivity index is 2.02. The number of carbonyl (C=O) groups excluding carboxylic acids is 2. The summed E-state index contributed by atoms with van der Waals surface area (Å²) < 4.78 is 4.70. The van der Waals surface area contributed by atoms with Gasteiger partial charge in [-0.05, 0) is 18.1 Å². The van der Waals surface area contributed by atoms with Gasteiger partial charge in [0.15, 0.2) is 0 Å². The fourth-order valence-electron chi connectivity index (χ4n) is 2.06. The standard InChI is InChI=1S/C15H18N2O3/c1-2-5-14(18)20-15(19)12(16)8-10-9-17-13-7-4-3-6-11(10)13/h3-4,6-7,9,12,17H,2,5,8,16H2,1H3. The highest BCUT2D eigenvalue weighted by molar-refractivity contribution is 5.89. The Labute approximate surface area is 117 Å². The van der Waals surface area contributed by atoms with E-state index < -0.39 is 18.0 Å². The normalized spacial score (nSPS) is 12.3. The van der Waals surface area contributed by atoms with Crippen LogP contribution >= 0.6 is 0 Å². The molecular weight excluding hydrogens is 256 g/mol. The lowest BCUT2D eigenvalue weighted by Crippen LogP contribution is -2.35. The number of nitrogens with two attached hydrogens (primary N) is 1. The molecule has 106 valence electrons. The monoisotopic (exact) mass is 274 g/mol. The van der Waals surface area contributed by atoms with Crippen molar-refractivity contribution >= 4 is 22.8 Å². The number of carbonyl (C=O) groups is 2. The van der Waals surface area contributed by atoms with E-state index in [9.17, 15) is 9.59 Å². The second kappa shape index (κ2) is 6.34. The van der Waals surface area contributed by atoms with E-state index in [1.165, 1.54) is 0 Å². The molecule has 1 heterocycles. The van der Waals surface area contributed by atoms with Crippen LogP contribution in [0.15, 0.2) is 30.5 Å². The average Bonchev–Trinajstić information content (AvgIpc) is 2.82. The zero-order valence-corrected chi connectivity index (χ0v) is 11.4. The van der Waals surface area contributed by atoms with Gasteiger partial charge in [-0.25, -0.2) is 4.79 Å². The van der Waals surface area contributed by atoms with Gasteiger partial charge in [-0.3, -0.25) is 4.79 Å². The van der Waals surface area contributed by atoms with Crippen LogP contribution < -0.4 is 5.73 Å². The molecule has 0 radical (unpaired) electrons. The molecule has 1 aromatic carbocycles. The first-order valence-electron chi connectivity index (χ1n) is 6.67. The van der Waals surface area contributed by atoms with E-state index in [2.05, 4.69) is 4.98 Å². The topological polar surface area (TPSA) is 85.2 Å².